The lowest BCUT2D eigenvalue weighted by Gasteiger charge is -2.29. The summed E-state index contributed by atoms with van der Waals surface area (Å²) in [6, 6.07) is 0.426. The summed E-state index contributed by atoms with van der Waals surface area (Å²) < 4.78 is 8.13. The molecule has 2 aromatic heterocycles. The van der Waals surface area contributed by atoms with Crippen molar-refractivity contribution in [3.63, 3.8) is 0 Å². The lowest BCUT2D eigenvalue weighted by Crippen LogP contribution is -2.21. The van der Waals surface area contributed by atoms with Gasteiger partial charge in [0.05, 0.1) is 7.11 Å². The van der Waals surface area contributed by atoms with Crippen LogP contribution in [0, 0.1) is 10.7 Å². The van der Waals surface area contributed by atoms with E-state index in [0.29, 0.717) is 22.6 Å². The largest absolute Gasteiger partial charge is 0.479 e. The first-order chi connectivity index (χ1) is 9.22. The van der Waals surface area contributed by atoms with Gasteiger partial charge in [-0.25, -0.2) is 4.98 Å². The highest BCUT2D eigenvalue weighted by atomic mass is 32.1. The molecular formula is C13H18N4OS. The van der Waals surface area contributed by atoms with Crippen molar-refractivity contribution in [3.05, 3.63) is 11.1 Å². The first-order valence-corrected chi connectivity index (χ1v) is 7.12. The highest BCUT2D eigenvalue weighted by molar-refractivity contribution is 7.71. The highest BCUT2D eigenvalue weighted by Gasteiger charge is 2.26. The molecule has 5 nitrogen and oxygen atoms in total. The molecule has 0 spiro atoms. The van der Waals surface area contributed by atoms with Gasteiger partial charge in [-0.3, -0.25) is 4.57 Å². The van der Waals surface area contributed by atoms with Crippen molar-refractivity contribution >= 4 is 23.4 Å². The summed E-state index contributed by atoms with van der Waals surface area (Å²) in [6.07, 6.45) is 6.52. The molecule has 3 rings (SSSR count). The van der Waals surface area contributed by atoms with Crippen LogP contribution >= 0.6 is 12.2 Å². The Labute approximate surface area is 117 Å². The predicted molar refractivity (Wildman–Crippen MR) is 75.9 cm³/mol. The Balaban J connectivity index is 2.18. The van der Waals surface area contributed by atoms with Crippen molar-refractivity contribution in [2.24, 2.45) is 5.92 Å². The van der Waals surface area contributed by atoms with Gasteiger partial charge in [-0.15, -0.1) is 0 Å². The second kappa shape index (κ2) is 4.92. The van der Waals surface area contributed by atoms with Crippen LogP contribution < -0.4 is 4.74 Å². The molecule has 0 radical (unpaired) electrons. The zero-order chi connectivity index (χ0) is 13.4. The van der Waals surface area contributed by atoms with Crippen LogP contribution in [-0.2, 0) is 0 Å². The number of ether oxygens (including phenoxy) is 1. The van der Waals surface area contributed by atoms with Crippen LogP contribution in [0.2, 0.25) is 0 Å². The Morgan fingerprint density at radius 3 is 2.89 bits per heavy atom. The monoisotopic (exact) mass is 278 g/mol. The Morgan fingerprint density at radius 2 is 2.16 bits per heavy atom. The fourth-order valence-electron chi connectivity index (χ4n) is 3.06. The number of nitrogens with zero attached hydrogens (tertiary/aromatic N) is 3. The molecule has 1 aliphatic carbocycles. The summed E-state index contributed by atoms with van der Waals surface area (Å²) in [5.41, 5.74) is 1.66. The quantitative estimate of drug-likeness (QED) is 0.857. The summed E-state index contributed by atoms with van der Waals surface area (Å²) in [6.45, 7) is 2.29. The third-order valence-electron chi connectivity index (χ3n) is 4.06. The first kappa shape index (κ1) is 12.6. The summed E-state index contributed by atoms with van der Waals surface area (Å²) >= 11 is 5.48. The van der Waals surface area contributed by atoms with Crippen molar-refractivity contribution in [3.8, 4) is 5.88 Å². The molecule has 19 heavy (non-hydrogen) atoms. The number of hydrogen-bond acceptors (Lipinski definition) is 4. The van der Waals surface area contributed by atoms with Crippen LogP contribution in [0.3, 0.4) is 0 Å². The van der Waals surface area contributed by atoms with Crippen molar-refractivity contribution in [1.29, 1.82) is 0 Å². The minimum atomic E-state index is 0.426. The van der Waals surface area contributed by atoms with Crippen LogP contribution in [0.25, 0.3) is 11.2 Å². The number of aromatic amines is 1. The van der Waals surface area contributed by atoms with E-state index in [0.717, 1.165) is 17.6 Å². The molecule has 102 valence electrons. The molecule has 2 aromatic rings. The molecule has 1 aliphatic rings. The summed E-state index contributed by atoms with van der Waals surface area (Å²) in [5, 5.41) is 0. The highest BCUT2D eigenvalue weighted by Crippen LogP contribution is 2.36. The van der Waals surface area contributed by atoms with E-state index >= 15 is 0 Å². The first-order valence-electron chi connectivity index (χ1n) is 6.71. The number of aromatic nitrogens is 4. The molecule has 2 unspecified atom stereocenters. The molecule has 0 aromatic carbocycles. The lowest BCUT2D eigenvalue weighted by molar-refractivity contribution is 0.259. The maximum Gasteiger partial charge on any atom is 0.242 e. The average molecular weight is 278 g/mol. The summed E-state index contributed by atoms with van der Waals surface area (Å²) in [5.74, 6) is 1.18. The van der Waals surface area contributed by atoms with E-state index in [1.807, 2.05) is 0 Å². The van der Waals surface area contributed by atoms with E-state index < -0.39 is 0 Å². The number of imidazole rings is 1. The number of nitrogens with one attached hydrogen (secondary N) is 1. The van der Waals surface area contributed by atoms with Gasteiger partial charge in [0, 0.05) is 6.04 Å². The number of rotatable bonds is 2. The van der Waals surface area contributed by atoms with Crippen molar-refractivity contribution in [1.82, 2.24) is 19.5 Å². The fraction of sp³-hybridized carbons (Fsp3) is 0.615. The molecule has 0 bridgehead atoms. The molecular weight excluding hydrogens is 260 g/mol. The smallest absolute Gasteiger partial charge is 0.242 e. The number of methoxy groups -OCH3 is 1. The van der Waals surface area contributed by atoms with Crippen LogP contribution in [-0.4, -0.2) is 26.6 Å². The molecule has 2 atom stereocenters. The van der Waals surface area contributed by atoms with Gasteiger partial charge in [0.25, 0.3) is 0 Å². The van der Waals surface area contributed by atoms with Gasteiger partial charge < -0.3 is 9.72 Å². The van der Waals surface area contributed by atoms with Crippen LogP contribution in [0.1, 0.15) is 38.6 Å². The zero-order valence-corrected chi connectivity index (χ0v) is 12.0. The molecule has 2 heterocycles. The molecule has 1 fully saturated rings. The SMILES string of the molecule is COc1ncnc2c1[nH]c(=S)n2C1CCCCC1C. The number of fused-ring (bicyclic) bond motifs is 1. The van der Waals surface area contributed by atoms with E-state index in [2.05, 4.69) is 26.4 Å². The van der Waals surface area contributed by atoms with Crippen molar-refractivity contribution in [2.75, 3.05) is 7.11 Å². The number of H-pyrrole nitrogens is 1. The van der Waals surface area contributed by atoms with Gasteiger partial charge in [0.15, 0.2) is 10.4 Å². The Morgan fingerprint density at radius 1 is 1.37 bits per heavy atom. The minimum Gasteiger partial charge on any atom is -0.479 e. The van der Waals surface area contributed by atoms with E-state index in [9.17, 15) is 0 Å². The van der Waals surface area contributed by atoms with Gasteiger partial charge in [0.2, 0.25) is 5.88 Å². The molecule has 0 amide bonds. The predicted octanol–water partition coefficient (Wildman–Crippen LogP) is 3.25. The van der Waals surface area contributed by atoms with E-state index in [1.54, 1.807) is 7.11 Å². The molecule has 1 saturated carbocycles. The van der Waals surface area contributed by atoms with Crippen LogP contribution in [0.15, 0.2) is 6.33 Å². The van der Waals surface area contributed by atoms with E-state index in [4.69, 9.17) is 17.0 Å². The summed E-state index contributed by atoms with van der Waals surface area (Å²) in [4.78, 5) is 11.7. The maximum atomic E-state index is 5.48. The second-order valence-electron chi connectivity index (χ2n) is 5.21. The topological polar surface area (TPSA) is 55.7 Å². The second-order valence-corrected chi connectivity index (χ2v) is 5.60. The van der Waals surface area contributed by atoms with E-state index in [-0.39, 0.29) is 0 Å². The van der Waals surface area contributed by atoms with Gasteiger partial charge >= 0.3 is 0 Å². The third-order valence-corrected chi connectivity index (χ3v) is 4.36. The molecule has 6 heteroatoms. The van der Waals surface area contributed by atoms with Gasteiger partial charge in [-0.1, -0.05) is 19.8 Å². The van der Waals surface area contributed by atoms with Gasteiger partial charge in [-0.2, -0.15) is 4.98 Å². The summed E-state index contributed by atoms with van der Waals surface area (Å²) in [7, 11) is 1.61. The normalized spacial score (nSPS) is 23.7. The van der Waals surface area contributed by atoms with Gasteiger partial charge in [0.1, 0.15) is 11.8 Å². The minimum absolute atomic E-state index is 0.426. The molecule has 0 saturated heterocycles. The van der Waals surface area contributed by atoms with Gasteiger partial charge in [-0.05, 0) is 31.0 Å². The fourth-order valence-corrected chi connectivity index (χ4v) is 3.38. The Hall–Kier alpha value is -1.43. The van der Waals surface area contributed by atoms with Crippen molar-refractivity contribution < 1.29 is 4.74 Å². The van der Waals surface area contributed by atoms with Crippen LogP contribution in [0.5, 0.6) is 5.88 Å². The van der Waals surface area contributed by atoms with E-state index in [1.165, 1.54) is 25.6 Å². The zero-order valence-electron chi connectivity index (χ0n) is 11.2. The molecule has 0 aliphatic heterocycles. The number of hydrogen-bond donors (Lipinski definition) is 1. The lowest BCUT2D eigenvalue weighted by atomic mass is 9.86. The molecule has 1 N–H and O–H groups in total. The maximum absolute atomic E-state index is 5.48. The Kier molecular flexibility index (Phi) is 3.26. The van der Waals surface area contributed by atoms with Crippen LogP contribution in [0.4, 0.5) is 0 Å². The Bertz CT molecular complexity index is 648. The third kappa shape index (κ3) is 2.04. The van der Waals surface area contributed by atoms with Crippen molar-refractivity contribution in [2.45, 2.75) is 38.6 Å². The average Bonchev–Trinajstić information content (AvgIpc) is 2.75. The standard InChI is InChI=1S/C13H18N4OS/c1-8-5-3-4-6-9(8)17-11-10(16-13(17)19)12(18-2)15-7-14-11/h7-9H,3-6H2,1-2H3,(H,16,19).